The normalized spacial score (nSPS) is 13.0. The Balaban J connectivity index is 2.68. The summed E-state index contributed by atoms with van der Waals surface area (Å²) in [4.78, 5) is 8.67. The summed E-state index contributed by atoms with van der Waals surface area (Å²) in [5.74, 6) is 0.625. The lowest BCUT2D eigenvalue weighted by atomic mass is 9.98. The third kappa shape index (κ3) is 4.82. The predicted octanol–water partition coefficient (Wildman–Crippen LogP) is 2.61. The number of hydrogen-bond donors (Lipinski definition) is 1. The Labute approximate surface area is 105 Å². The number of nitrogens with zero attached hydrogens (tertiary/aromatic N) is 2. The highest BCUT2D eigenvalue weighted by molar-refractivity contribution is 5.10. The van der Waals surface area contributed by atoms with Gasteiger partial charge in [0.15, 0.2) is 0 Å². The molecule has 96 valence electrons. The third-order valence-electron chi connectivity index (χ3n) is 2.99. The van der Waals surface area contributed by atoms with Gasteiger partial charge in [0.25, 0.3) is 0 Å². The van der Waals surface area contributed by atoms with Gasteiger partial charge in [-0.2, -0.15) is 0 Å². The maximum absolute atomic E-state index is 4.37. The smallest absolute Gasteiger partial charge is 0.115 e. The summed E-state index contributed by atoms with van der Waals surface area (Å²) < 4.78 is 0. The molecule has 0 saturated heterocycles. The second-order valence-electron chi connectivity index (χ2n) is 4.86. The minimum atomic E-state index is 0.504. The molecule has 0 saturated carbocycles. The van der Waals surface area contributed by atoms with Gasteiger partial charge in [-0.05, 0) is 24.9 Å². The van der Waals surface area contributed by atoms with Crippen LogP contribution in [0, 0.1) is 5.92 Å². The first kappa shape index (κ1) is 14.1. The van der Waals surface area contributed by atoms with Crippen molar-refractivity contribution in [3.05, 3.63) is 23.8 Å². The summed E-state index contributed by atoms with van der Waals surface area (Å²) in [6, 6.07) is 2.65. The van der Waals surface area contributed by atoms with Crippen molar-refractivity contribution < 1.29 is 0 Å². The van der Waals surface area contributed by atoms with Gasteiger partial charge in [-0.25, -0.2) is 9.97 Å². The van der Waals surface area contributed by atoms with E-state index in [0.717, 1.165) is 37.2 Å². The lowest BCUT2D eigenvalue weighted by molar-refractivity contribution is 0.402. The van der Waals surface area contributed by atoms with Gasteiger partial charge in [-0.3, -0.25) is 0 Å². The van der Waals surface area contributed by atoms with E-state index in [1.807, 2.05) is 0 Å². The molecule has 0 fully saturated rings. The molecule has 3 heteroatoms. The minimum absolute atomic E-state index is 0.504. The predicted molar refractivity (Wildman–Crippen MR) is 72.0 cm³/mol. The number of nitrogens with one attached hydrogen (secondary N) is 1. The van der Waals surface area contributed by atoms with Crippen LogP contribution < -0.4 is 5.32 Å². The maximum Gasteiger partial charge on any atom is 0.115 e. The Bertz CT molecular complexity index is 323. The number of rotatable bonds is 7. The van der Waals surface area contributed by atoms with E-state index in [1.165, 1.54) is 0 Å². The maximum atomic E-state index is 4.37. The van der Waals surface area contributed by atoms with E-state index in [-0.39, 0.29) is 0 Å². The highest BCUT2D eigenvalue weighted by Crippen LogP contribution is 2.09. The fourth-order valence-electron chi connectivity index (χ4n) is 1.98. The molecule has 0 aliphatic carbocycles. The van der Waals surface area contributed by atoms with Gasteiger partial charge in [0.05, 0.1) is 0 Å². The van der Waals surface area contributed by atoms with Gasteiger partial charge in [0.2, 0.25) is 0 Å². The van der Waals surface area contributed by atoms with Crippen LogP contribution in [0.3, 0.4) is 0 Å². The van der Waals surface area contributed by atoms with E-state index < -0.39 is 0 Å². The third-order valence-corrected chi connectivity index (χ3v) is 2.99. The molecule has 1 unspecified atom stereocenters. The second-order valence-corrected chi connectivity index (χ2v) is 4.86. The Morgan fingerprint density at radius 3 is 2.47 bits per heavy atom. The molecule has 0 aliphatic rings. The van der Waals surface area contributed by atoms with E-state index in [0.29, 0.717) is 12.0 Å². The number of likely N-dealkylation sites (N-methyl/N-ethyl adjacent to an activating group) is 1. The average Bonchev–Trinajstić information content (AvgIpc) is 2.29. The monoisotopic (exact) mass is 235 g/mol. The van der Waals surface area contributed by atoms with Crippen LogP contribution in [0.15, 0.2) is 12.4 Å². The van der Waals surface area contributed by atoms with Crippen molar-refractivity contribution in [3.8, 4) is 0 Å². The lowest BCUT2D eigenvalue weighted by Crippen LogP contribution is -2.35. The molecule has 0 amide bonds. The molecule has 1 atom stereocenters. The van der Waals surface area contributed by atoms with Gasteiger partial charge in [0.1, 0.15) is 6.33 Å². The van der Waals surface area contributed by atoms with E-state index >= 15 is 0 Å². The van der Waals surface area contributed by atoms with Crippen LogP contribution in [-0.4, -0.2) is 22.6 Å². The van der Waals surface area contributed by atoms with Crippen LogP contribution in [0.4, 0.5) is 0 Å². The van der Waals surface area contributed by atoms with E-state index in [4.69, 9.17) is 0 Å². The second kappa shape index (κ2) is 7.38. The Morgan fingerprint density at radius 2 is 1.88 bits per heavy atom. The molecule has 17 heavy (non-hydrogen) atoms. The summed E-state index contributed by atoms with van der Waals surface area (Å²) in [5.41, 5.74) is 2.32. The highest BCUT2D eigenvalue weighted by Gasteiger charge is 2.13. The van der Waals surface area contributed by atoms with Gasteiger partial charge >= 0.3 is 0 Å². The minimum Gasteiger partial charge on any atom is -0.314 e. The quantitative estimate of drug-likeness (QED) is 0.789. The number of aryl methyl sites for hydroxylation is 1. The summed E-state index contributed by atoms with van der Waals surface area (Å²) in [6.45, 7) is 9.84. The first-order valence-electron chi connectivity index (χ1n) is 6.70. The topological polar surface area (TPSA) is 37.8 Å². The van der Waals surface area contributed by atoms with Gasteiger partial charge in [-0.1, -0.05) is 34.1 Å². The van der Waals surface area contributed by atoms with Crippen LogP contribution in [0.2, 0.25) is 0 Å². The molecule has 3 nitrogen and oxygen atoms in total. The average molecular weight is 235 g/mol. The van der Waals surface area contributed by atoms with Crippen molar-refractivity contribution in [2.75, 3.05) is 6.54 Å². The van der Waals surface area contributed by atoms with Crippen LogP contribution in [0.1, 0.15) is 45.5 Å². The van der Waals surface area contributed by atoms with Crippen LogP contribution in [0.25, 0.3) is 0 Å². The first-order chi connectivity index (χ1) is 8.17. The Morgan fingerprint density at radius 1 is 1.18 bits per heavy atom. The van der Waals surface area contributed by atoms with Gasteiger partial charge < -0.3 is 5.32 Å². The van der Waals surface area contributed by atoms with E-state index in [1.54, 1.807) is 6.33 Å². The van der Waals surface area contributed by atoms with Crippen molar-refractivity contribution in [1.82, 2.24) is 15.3 Å². The number of aromatic nitrogens is 2. The summed E-state index contributed by atoms with van der Waals surface area (Å²) in [5, 5.41) is 3.52. The zero-order chi connectivity index (χ0) is 12.7. The fraction of sp³-hybridized carbons (Fsp3) is 0.714. The molecule has 1 aromatic heterocycles. The molecule has 0 aliphatic heterocycles. The van der Waals surface area contributed by atoms with Crippen molar-refractivity contribution in [3.63, 3.8) is 0 Å². The summed E-state index contributed by atoms with van der Waals surface area (Å²) in [6.07, 6.45) is 4.87. The van der Waals surface area contributed by atoms with Crippen molar-refractivity contribution >= 4 is 0 Å². The molecule has 1 rings (SSSR count). The van der Waals surface area contributed by atoms with Crippen LogP contribution in [-0.2, 0) is 12.8 Å². The van der Waals surface area contributed by atoms with Crippen LogP contribution in [0.5, 0.6) is 0 Å². The fourth-order valence-corrected chi connectivity index (χ4v) is 1.98. The lowest BCUT2D eigenvalue weighted by Gasteiger charge is -2.21. The highest BCUT2D eigenvalue weighted by atomic mass is 14.9. The van der Waals surface area contributed by atoms with Gasteiger partial charge in [-0.15, -0.1) is 0 Å². The SMILES string of the molecule is CCCc1cc(CC(NCC)C(C)C)ncn1. The molecule has 0 bridgehead atoms. The van der Waals surface area contributed by atoms with Crippen LogP contribution >= 0.6 is 0 Å². The zero-order valence-corrected chi connectivity index (χ0v) is 11.5. The Kier molecular flexibility index (Phi) is 6.12. The molecule has 0 aromatic carbocycles. The van der Waals surface area contributed by atoms with E-state index in [2.05, 4.69) is 49.0 Å². The standard InChI is InChI=1S/C14H25N3/c1-5-7-12-8-13(17-10-16-12)9-14(11(3)4)15-6-2/h8,10-11,14-15H,5-7,9H2,1-4H3. The molecule has 1 heterocycles. The van der Waals surface area contributed by atoms with Crippen molar-refractivity contribution in [2.24, 2.45) is 5.92 Å². The largest absolute Gasteiger partial charge is 0.314 e. The Hall–Kier alpha value is -0.960. The molecule has 0 radical (unpaired) electrons. The molecular weight excluding hydrogens is 210 g/mol. The number of hydrogen-bond acceptors (Lipinski definition) is 3. The molecule has 1 aromatic rings. The van der Waals surface area contributed by atoms with Crippen molar-refractivity contribution in [1.29, 1.82) is 0 Å². The summed E-state index contributed by atoms with van der Waals surface area (Å²) >= 11 is 0. The zero-order valence-electron chi connectivity index (χ0n) is 11.5. The van der Waals surface area contributed by atoms with E-state index in [9.17, 15) is 0 Å². The summed E-state index contributed by atoms with van der Waals surface area (Å²) in [7, 11) is 0. The molecular formula is C14H25N3. The van der Waals surface area contributed by atoms with Crippen molar-refractivity contribution in [2.45, 2.75) is 53.0 Å². The molecule has 1 N–H and O–H groups in total. The molecule has 0 spiro atoms. The first-order valence-corrected chi connectivity index (χ1v) is 6.70. The van der Waals surface area contributed by atoms with Gasteiger partial charge in [0, 0.05) is 23.9 Å².